The minimum Gasteiger partial charge on any atom is -0.395 e. The van der Waals surface area contributed by atoms with Crippen LogP contribution in [0.15, 0.2) is 56.7 Å². The molecule has 0 saturated carbocycles. The molecule has 0 atom stereocenters. The monoisotopic (exact) mass is 550 g/mol. The summed E-state index contributed by atoms with van der Waals surface area (Å²) in [5.74, 6) is 0. The van der Waals surface area contributed by atoms with E-state index in [1.165, 1.54) is 26.5 Å². The van der Waals surface area contributed by atoms with Gasteiger partial charge in [0.15, 0.2) is 0 Å². The van der Waals surface area contributed by atoms with E-state index in [0.29, 0.717) is 0 Å². The molecule has 1 fully saturated rings. The van der Waals surface area contributed by atoms with Crippen LogP contribution in [0.4, 0.5) is 0 Å². The summed E-state index contributed by atoms with van der Waals surface area (Å²) >= 11 is 11.8. The van der Waals surface area contributed by atoms with Gasteiger partial charge >= 0.3 is 0 Å². The molecule has 1 saturated heterocycles. The fourth-order valence-corrected chi connectivity index (χ4v) is 5.46. The Balaban J connectivity index is 0.00000160. The maximum absolute atomic E-state index is 9.09. The predicted molar refractivity (Wildman–Crippen MR) is 136 cm³/mol. The lowest BCUT2D eigenvalue weighted by Gasteiger charge is -2.34. The number of halogens is 4. The number of nitrogens with zero attached hydrogens (tertiary/aromatic N) is 2. The molecule has 30 heavy (non-hydrogen) atoms. The SMILES string of the molecule is Cl.Cl.OCCN1CCN(CC/C=C2/c3cc(Cl)ccc3Sc3ccc(Br)cc32)CC1. The number of benzene rings is 2. The maximum Gasteiger partial charge on any atom is 0.0558 e. The number of aliphatic hydroxyl groups is 1. The molecule has 0 aromatic heterocycles. The van der Waals surface area contributed by atoms with Gasteiger partial charge in [-0.3, -0.25) is 4.90 Å². The van der Waals surface area contributed by atoms with Crippen LogP contribution in [0.1, 0.15) is 17.5 Å². The van der Waals surface area contributed by atoms with Gasteiger partial charge in [0.2, 0.25) is 0 Å². The molecule has 3 nitrogen and oxygen atoms in total. The third-order valence-electron chi connectivity index (χ3n) is 5.36. The Hall–Kier alpha value is -0.240. The Morgan fingerprint density at radius 2 is 1.53 bits per heavy atom. The molecule has 0 spiro atoms. The van der Waals surface area contributed by atoms with E-state index in [-0.39, 0.29) is 31.4 Å². The molecule has 0 radical (unpaired) electrons. The van der Waals surface area contributed by atoms with Gasteiger partial charge in [-0.25, -0.2) is 0 Å². The molecule has 4 rings (SSSR count). The number of hydrogen-bond donors (Lipinski definition) is 1. The van der Waals surface area contributed by atoms with Crippen LogP contribution in [-0.2, 0) is 0 Å². The highest BCUT2D eigenvalue weighted by atomic mass is 79.9. The third-order valence-corrected chi connectivity index (χ3v) is 7.24. The van der Waals surface area contributed by atoms with Crippen LogP contribution >= 0.6 is 64.1 Å². The molecule has 2 aliphatic rings. The van der Waals surface area contributed by atoms with E-state index in [9.17, 15) is 0 Å². The first-order valence-electron chi connectivity index (χ1n) is 9.67. The molecule has 0 amide bonds. The molecule has 0 aliphatic carbocycles. The van der Waals surface area contributed by atoms with E-state index < -0.39 is 0 Å². The van der Waals surface area contributed by atoms with Gasteiger partial charge in [-0.2, -0.15) is 0 Å². The second kappa shape index (κ2) is 12.1. The van der Waals surface area contributed by atoms with Crippen LogP contribution in [-0.4, -0.2) is 60.8 Å². The minimum atomic E-state index is 0. The summed E-state index contributed by atoms with van der Waals surface area (Å²) in [5.41, 5.74) is 3.80. The van der Waals surface area contributed by atoms with Crippen molar-refractivity contribution < 1.29 is 5.11 Å². The average Bonchev–Trinajstić information content (AvgIpc) is 2.69. The van der Waals surface area contributed by atoms with E-state index in [2.05, 4.69) is 62.1 Å². The summed E-state index contributed by atoms with van der Waals surface area (Å²) in [6, 6.07) is 12.7. The van der Waals surface area contributed by atoms with Gasteiger partial charge in [0.25, 0.3) is 0 Å². The molecule has 2 aliphatic heterocycles. The summed E-state index contributed by atoms with van der Waals surface area (Å²) in [4.78, 5) is 7.41. The van der Waals surface area contributed by atoms with E-state index in [4.69, 9.17) is 16.7 Å². The van der Waals surface area contributed by atoms with Crippen molar-refractivity contribution in [2.75, 3.05) is 45.9 Å². The average molecular weight is 553 g/mol. The Kier molecular flexibility index (Phi) is 10.5. The summed E-state index contributed by atoms with van der Waals surface area (Å²) in [7, 11) is 0. The molecular formula is C22H26BrCl3N2OS. The molecule has 164 valence electrons. The molecule has 0 bridgehead atoms. The summed E-state index contributed by atoms with van der Waals surface area (Å²) < 4.78 is 1.10. The lowest BCUT2D eigenvalue weighted by atomic mass is 9.96. The lowest BCUT2D eigenvalue weighted by molar-refractivity contribution is 0.114. The van der Waals surface area contributed by atoms with Crippen LogP contribution in [0, 0.1) is 0 Å². The number of hydrogen-bond acceptors (Lipinski definition) is 4. The number of piperazine rings is 1. The number of aliphatic hydroxyl groups excluding tert-OH is 1. The highest BCUT2D eigenvalue weighted by Gasteiger charge is 2.22. The maximum atomic E-state index is 9.09. The van der Waals surface area contributed by atoms with Gasteiger partial charge in [-0.15, -0.1) is 24.8 Å². The van der Waals surface area contributed by atoms with E-state index in [1.54, 1.807) is 0 Å². The van der Waals surface area contributed by atoms with Crippen LogP contribution in [0.3, 0.4) is 0 Å². The summed E-state index contributed by atoms with van der Waals surface area (Å²) in [6.07, 6.45) is 3.39. The quantitative estimate of drug-likeness (QED) is 0.430. The fraction of sp³-hybridized carbons (Fsp3) is 0.364. The standard InChI is InChI=1S/C22H24BrClN2OS.2ClH/c23-16-3-5-21-19(14-16)18(20-15-17(24)4-6-22(20)28-21)2-1-7-25-8-10-26(11-9-25)12-13-27;;/h2-6,14-15,27H,1,7-13H2;2*1H/b18-2+;;. The largest absolute Gasteiger partial charge is 0.395 e. The molecule has 2 aromatic rings. The first-order chi connectivity index (χ1) is 13.6. The van der Waals surface area contributed by atoms with Crippen LogP contribution in [0.2, 0.25) is 5.02 Å². The fourth-order valence-electron chi connectivity index (χ4n) is 3.86. The molecule has 2 aromatic carbocycles. The zero-order chi connectivity index (χ0) is 19.5. The third kappa shape index (κ3) is 6.17. The zero-order valence-electron chi connectivity index (χ0n) is 16.5. The van der Waals surface area contributed by atoms with Crippen molar-refractivity contribution in [1.29, 1.82) is 0 Å². The first kappa shape index (κ1) is 26.0. The second-order valence-corrected chi connectivity index (χ2v) is 9.63. The van der Waals surface area contributed by atoms with Crippen molar-refractivity contribution in [2.45, 2.75) is 16.2 Å². The van der Waals surface area contributed by atoms with Crippen molar-refractivity contribution in [3.05, 3.63) is 63.1 Å². The van der Waals surface area contributed by atoms with Gasteiger partial charge in [0.05, 0.1) is 6.61 Å². The Bertz CT molecular complexity index is 835. The van der Waals surface area contributed by atoms with Crippen LogP contribution in [0.5, 0.6) is 0 Å². The van der Waals surface area contributed by atoms with Gasteiger partial charge in [-0.1, -0.05) is 45.4 Å². The molecule has 1 N–H and O–H groups in total. The summed E-state index contributed by atoms with van der Waals surface area (Å²) in [5, 5.41) is 9.87. The number of β-amino-alcohol motifs (C(OH)–C–C–N with tert-alkyl or cyclic N) is 1. The van der Waals surface area contributed by atoms with Crippen molar-refractivity contribution in [2.24, 2.45) is 0 Å². The number of rotatable bonds is 5. The molecule has 0 unspecified atom stereocenters. The number of fused-ring (bicyclic) bond motifs is 2. The Morgan fingerprint density at radius 1 is 0.933 bits per heavy atom. The van der Waals surface area contributed by atoms with Crippen molar-refractivity contribution in [3.8, 4) is 0 Å². The topological polar surface area (TPSA) is 26.7 Å². The van der Waals surface area contributed by atoms with Crippen molar-refractivity contribution in [1.82, 2.24) is 9.80 Å². The van der Waals surface area contributed by atoms with E-state index >= 15 is 0 Å². The van der Waals surface area contributed by atoms with Crippen LogP contribution in [0.25, 0.3) is 5.57 Å². The van der Waals surface area contributed by atoms with E-state index in [0.717, 1.165) is 55.2 Å². The highest BCUT2D eigenvalue weighted by molar-refractivity contribution is 9.10. The van der Waals surface area contributed by atoms with Gasteiger partial charge in [0.1, 0.15) is 0 Å². The first-order valence-corrected chi connectivity index (χ1v) is 11.7. The van der Waals surface area contributed by atoms with Gasteiger partial charge in [-0.05, 0) is 59.5 Å². The van der Waals surface area contributed by atoms with Gasteiger partial charge in [0, 0.05) is 58.6 Å². The molecule has 2 heterocycles. The zero-order valence-corrected chi connectivity index (χ0v) is 21.3. The van der Waals surface area contributed by atoms with Crippen LogP contribution < -0.4 is 0 Å². The Labute approximate surface area is 208 Å². The minimum absolute atomic E-state index is 0. The second-order valence-electron chi connectivity index (χ2n) is 7.20. The van der Waals surface area contributed by atoms with E-state index in [1.807, 2.05) is 17.8 Å². The Morgan fingerprint density at radius 3 is 2.20 bits per heavy atom. The van der Waals surface area contributed by atoms with Gasteiger partial charge < -0.3 is 10.0 Å². The summed E-state index contributed by atoms with van der Waals surface area (Å²) in [6.45, 7) is 6.33. The normalized spacial score (nSPS) is 17.6. The lowest BCUT2D eigenvalue weighted by Crippen LogP contribution is -2.47. The van der Waals surface area contributed by atoms with Crippen molar-refractivity contribution >= 4 is 69.7 Å². The molecule has 8 heteroatoms. The van der Waals surface area contributed by atoms with Crippen molar-refractivity contribution in [3.63, 3.8) is 0 Å². The highest BCUT2D eigenvalue weighted by Crippen LogP contribution is 2.46. The molecular weight excluding hydrogens is 527 g/mol. The smallest absolute Gasteiger partial charge is 0.0558 e. The predicted octanol–water partition coefficient (Wildman–Crippen LogP) is 5.84.